The first-order chi connectivity index (χ1) is 30.0. The van der Waals surface area contributed by atoms with Crippen molar-refractivity contribution < 1.29 is 92.4 Å². The van der Waals surface area contributed by atoms with Crippen LogP contribution in [-0.2, 0) is 6.54 Å². The van der Waals surface area contributed by atoms with Crippen LogP contribution in [0.5, 0.6) is 0 Å². The van der Waals surface area contributed by atoms with E-state index < -0.39 is 144 Å². The maximum absolute atomic E-state index is 15.4. The molecule has 0 radical (unpaired) electrons. The monoisotopic (exact) mass is 1010 g/mol. The third-order valence-electron chi connectivity index (χ3n) is 9.68. The lowest BCUT2D eigenvalue weighted by atomic mass is 9.12. The summed E-state index contributed by atoms with van der Waals surface area (Å²) in [5, 5.41) is 3.43. The van der Waals surface area contributed by atoms with Crippen molar-refractivity contribution in [2.45, 2.75) is 6.54 Å². The smallest absolute Gasteiger partial charge is 0.207 e. The molecule has 7 rings (SSSR count). The molecule has 0 aliphatic carbocycles. The highest BCUT2D eigenvalue weighted by atomic mass is 79.9. The number of halogens is 21. The van der Waals surface area contributed by atoms with Gasteiger partial charge in [0.1, 0.15) is 52.7 Å². The molecule has 1 aromatic heterocycles. The van der Waals surface area contributed by atoms with Crippen LogP contribution in [0.15, 0.2) is 70.6 Å². The molecule has 0 saturated carbocycles. The summed E-state index contributed by atoms with van der Waals surface area (Å²) in [7, 11) is 0. The molecule has 7 aromatic rings. The Morgan fingerprint density at radius 2 is 0.656 bits per heavy atom. The number of rotatable bonds is 7. The zero-order chi connectivity index (χ0) is 47.4. The number of hydrogen-bond donors (Lipinski definition) is 0. The second-order valence-electron chi connectivity index (χ2n) is 13.1. The van der Waals surface area contributed by atoms with Gasteiger partial charge in [-0.15, -0.1) is 21.9 Å². The van der Waals surface area contributed by atoms with Gasteiger partial charge in [0, 0.05) is 10.0 Å². The molecule has 0 spiro atoms. The predicted octanol–water partition coefficient (Wildman–Crippen LogP) is 10.4. The number of benzene rings is 6. The molecule has 6 aromatic carbocycles. The molecule has 0 N–H and O–H groups in total. The van der Waals surface area contributed by atoms with E-state index in [2.05, 4.69) is 86.7 Å². The molecule has 0 amide bonds. The van der Waals surface area contributed by atoms with Crippen molar-refractivity contribution in [1.82, 2.24) is 0 Å². The van der Waals surface area contributed by atoms with Gasteiger partial charge in [0.2, 0.25) is 0 Å². The highest BCUT2D eigenvalue weighted by Crippen LogP contribution is 2.31. The molecule has 0 aliphatic rings. The van der Waals surface area contributed by atoms with Crippen LogP contribution in [0.25, 0.3) is 10.6 Å². The van der Waals surface area contributed by atoms with E-state index in [0.29, 0.717) is 0 Å². The van der Waals surface area contributed by atoms with E-state index in [4.69, 9.17) is 0 Å². The summed E-state index contributed by atoms with van der Waals surface area (Å²) in [5.74, 6) is -71.4. The molecule has 0 atom stereocenters. The van der Waals surface area contributed by atoms with E-state index in [9.17, 15) is 52.7 Å². The van der Waals surface area contributed by atoms with Crippen molar-refractivity contribution in [3.8, 4) is 10.6 Å². The van der Waals surface area contributed by atoms with E-state index in [1.807, 2.05) is 0 Å². The Bertz CT molecular complexity index is 2600. The van der Waals surface area contributed by atoms with Gasteiger partial charge in [-0.25, -0.2) is 87.8 Å². The molecule has 0 fully saturated rings. The normalized spacial score (nSPS) is 11.6. The van der Waals surface area contributed by atoms with E-state index in [1.165, 1.54) is 16.1 Å². The maximum Gasteiger partial charge on any atom is 0.269 e. The summed E-state index contributed by atoms with van der Waals surface area (Å²) in [6.07, 6.45) is -5.07. The average Bonchev–Trinajstić information content (AvgIpc) is 3.74. The highest BCUT2D eigenvalue weighted by molar-refractivity contribution is 9.10. The van der Waals surface area contributed by atoms with Gasteiger partial charge in [0.25, 0.3) is 5.01 Å². The van der Waals surface area contributed by atoms with Gasteiger partial charge in [-0.05, 0) is 24.3 Å². The summed E-state index contributed by atoms with van der Waals surface area (Å²) in [4.78, 5) is 0. The van der Waals surface area contributed by atoms with Crippen molar-refractivity contribution in [2.75, 3.05) is 0 Å². The summed E-state index contributed by atoms with van der Waals surface area (Å²) in [5.41, 5.74) is -11.7. The molecular formula is C40H13BBrF20NS. The van der Waals surface area contributed by atoms with E-state index >= 15 is 35.1 Å². The Morgan fingerprint density at radius 3 is 0.953 bits per heavy atom. The third-order valence-corrected chi connectivity index (χ3v) is 11.2. The maximum atomic E-state index is 15.4. The molecule has 334 valence electrons. The van der Waals surface area contributed by atoms with E-state index in [0.717, 1.165) is 11.0 Å². The minimum atomic E-state index is -7.22. The summed E-state index contributed by atoms with van der Waals surface area (Å²) < 4.78 is 297. The van der Waals surface area contributed by atoms with Crippen LogP contribution in [0.1, 0.15) is 5.56 Å². The molecular weight excluding hydrogens is 997 g/mol. The van der Waals surface area contributed by atoms with Gasteiger partial charge in [-0.3, -0.25) is 0 Å². The standard InChI is InChI=1S/C24BF20.C16H13BrNS/c26-5-1(6(27)14(35)21(42)13(5)34)25(2-7(28)15(36)22(43)16(37)8(2)29,3-9(30)17(38)23(44)18(39)10(3)31)4-11(32)19(40)24(45)20(41)12(4)33;17-15-8-6-14(7-9-15)16-18(10-11-19-16)12-13-4-2-1-3-5-13/h;1-11H,12H2/q-1;+1. The summed E-state index contributed by atoms with van der Waals surface area (Å²) in [6.45, 7) is 0.912. The highest BCUT2D eigenvalue weighted by Gasteiger charge is 2.52. The van der Waals surface area contributed by atoms with Crippen LogP contribution in [0, 0.1) is 116 Å². The quantitative estimate of drug-likeness (QED) is 0.0493. The Balaban J connectivity index is 0.000000295. The first-order valence-corrected chi connectivity index (χ1v) is 18.7. The Labute approximate surface area is 356 Å². The van der Waals surface area contributed by atoms with Gasteiger partial charge < -0.3 is 0 Å². The fourth-order valence-electron chi connectivity index (χ4n) is 6.91. The Kier molecular flexibility index (Phi) is 13.3. The van der Waals surface area contributed by atoms with Gasteiger partial charge in [0.15, 0.2) is 82.5 Å². The first-order valence-electron chi connectivity index (χ1n) is 17.0. The number of aromatic nitrogens is 1. The van der Waals surface area contributed by atoms with Crippen LogP contribution in [0.2, 0.25) is 0 Å². The van der Waals surface area contributed by atoms with Gasteiger partial charge in [0.05, 0.1) is 10.9 Å². The van der Waals surface area contributed by atoms with Crippen LogP contribution in [-0.4, -0.2) is 6.15 Å². The van der Waals surface area contributed by atoms with Crippen molar-refractivity contribution in [3.63, 3.8) is 0 Å². The van der Waals surface area contributed by atoms with Crippen LogP contribution in [0.4, 0.5) is 87.8 Å². The lowest BCUT2D eigenvalue weighted by molar-refractivity contribution is -0.673. The molecule has 1 nitrogen and oxygen atoms in total. The minimum absolute atomic E-state index is 0.912. The van der Waals surface area contributed by atoms with Crippen molar-refractivity contribution >= 4 is 55.3 Å². The van der Waals surface area contributed by atoms with Crippen LogP contribution >= 0.6 is 27.3 Å². The number of nitrogens with zero attached hydrogens (tertiary/aromatic N) is 1. The molecule has 1 heterocycles. The fraction of sp³-hybridized carbons (Fsp3) is 0.0250. The van der Waals surface area contributed by atoms with Crippen molar-refractivity contribution in [2.24, 2.45) is 0 Å². The van der Waals surface area contributed by atoms with Crippen molar-refractivity contribution in [3.05, 3.63) is 193 Å². The zero-order valence-electron chi connectivity index (χ0n) is 30.4. The molecule has 0 aliphatic heterocycles. The Morgan fingerprint density at radius 1 is 0.375 bits per heavy atom. The molecule has 0 saturated heterocycles. The first kappa shape index (κ1) is 47.6. The number of hydrogen-bond acceptors (Lipinski definition) is 1. The Hall–Kier alpha value is -5.91. The summed E-state index contributed by atoms with van der Waals surface area (Å²) in [6, 6.07) is 19.0. The van der Waals surface area contributed by atoms with Gasteiger partial charge in [-0.1, -0.05) is 57.6 Å². The number of thiazole rings is 1. The van der Waals surface area contributed by atoms with Crippen LogP contribution in [0.3, 0.4) is 0 Å². The molecule has 24 heteroatoms. The van der Waals surface area contributed by atoms with Gasteiger partial charge in [-0.2, -0.15) is 4.57 Å². The van der Waals surface area contributed by atoms with Gasteiger partial charge >= 0.3 is 0 Å². The lowest BCUT2D eigenvalue weighted by Crippen LogP contribution is -2.81. The second kappa shape index (κ2) is 17.9. The topological polar surface area (TPSA) is 3.88 Å². The average molecular weight is 1010 g/mol. The molecule has 0 unspecified atom stereocenters. The lowest BCUT2D eigenvalue weighted by Gasteiger charge is -2.44. The minimum Gasteiger partial charge on any atom is -0.207 e. The van der Waals surface area contributed by atoms with Crippen LogP contribution < -0.4 is 26.4 Å². The predicted molar refractivity (Wildman–Crippen MR) is 192 cm³/mol. The van der Waals surface area contributed by atoms with E-state index in [-0.39, 0.29) is 0 Å². The molecule has 0 bridgehead atoms. The molecule has 64 heavy (non-hydrogen) atoms. The zero-order valence-corrected chi connectivity index (χ0v) is 32.8. The second-order valence-corrected chi connectivity index (χ2v) is 14.9. The van der Waals surface area contributed by atoms with E-state index in [1.54, 1.807) is 11.3 Å². The summed E-state index contributed by atoms with van der Waals surface area (Å²) >= 11 is 5.25. The largest absolute Gasteiger partial charge is 0.269 e. The fourth-order valence-corrected chi connectivity index (χ4v) is 8.04. The third kappa shape index (κ3) is 7.56. The van der Waals surface area contributed by atoms with Crippen molar-refractivity contribution in [1.29, 1.82) is 0 Å². The SMILES string of the molecule is Brc1ccc(-c2scc[n+]2Cc2ccccc2)cc1.Fc1c(F)c(F)c([B-](c2c(F)c(F)c(F)c(F)c2F)(c2c(F)c(F)c(F)c(F)c2F)c2c(F)c(F)c(F)c(F)c2F)c(F)c1F.